The molecule has 4 rings (SSSR count). The molecule has 3 saturated carbocycles. The third kappa shape index (κ3) is 1.03. The molecule has 84 valence electrons. The molecule has 3 aliphatic rings. The van der Waals surface area contributed by atoms with E-state index in [9.17, 15) is 4.79 Å². The van der Waals surface area contributed by atoms with E-state index in [4.69, 9.17) is 0 Å². The SMILES string of the molecule is O=C(Nc1cn[nH]n1)C1[C@@H]2[C@H]3CC[C@H](C3)[C@H]12. The van der Waals surface area contributed by atoms with Gasteiger partial charge in [-0.15, -0.1) is 5.10 Å². The highest BCUT2D eigenvalue weighted by Gasteiger charge is 2.67. The first-order valence-corrected chi connectivity index (χ1v) is 6.01. The Morgan fingerprint density at radius 1 is 1.38 bits per heavy atom. The van der Waals surface area contributed by atoms with Crippen molar-refractivity contribution in [2.24, 2.45) is 29.6 Å². The van der Waals surface area contributed by atoms with Gasteiger partial charge in [0.2, 0.25) is 5.91 Å². The number of hydrogen-bond donors (Lipinski definition) is 2. The molecule has 2 N–H and O–H groups in total. The summed E-state index contributed by atoms with van der Waals surface area (Å²) < 4.78 is 0. The largest absolute Gasteiger partial charge is 0.308 e. The Labute approximate surface area is 93.0 Å². The molecule has 0 aliphatic heterocycles. The van der Waals surface area contributed by atoms with Crippen LogP contribution >= 0.6 is 0 Å². The number of amides is 1. The van der Waals surface area contributed by atoms with Gasteiger partial charge in [0.05, 0.1) is 6.20 Å². The molecule has 0 spiro atoms. The highest BCUT2D eigenvalue weighted by Crippen LogP contribution is 2.69. The fourth-order valence-electron chi connectivity index (χ4n) is 4.15. The van der Waals surface area contributed by atoms with Crippen LogP contribution < -0.4 is 5.32 Å². The molecule has 1 amide bonds. The first-order chi connectivity index (χ1) is 7.84. The Hall–Kier alpha value is -1.39. The summed E-state index contributed by atoms with van der Waals surface area (Å²) >= 11 is 0. The number of hydrogen-bond acceptors (Lipinski definition) is 3. The lowest BCUT2D eigenvalue weighted by Gasteiger charge is -2.07. The van der Waals surface area contributed by atoms with Crippen molar-refractivity contribution >= 4 is 11.7 Å². The molecule has 5 atom stereocenters. The summed E-state index contributed by atoms with van der Waals surface area (Å²) in [5, 5.41) is 12.9. The molecule has 0 aromatic carbocycles. The van der Waals surface area contributed by atoms with Gasteiger partial charge in [-0.2, -0.15) is 10.3 Å². The Morgan fingerprint density at radius 3 is 2.75 bits per heavy atom. The van der Waals surface area contributed by atoms with E-state index in [0.717, 1.165) is 11.8 Å². The topological polar surface area (TPSA) is 70.7 Å². The summed E-state index contributed by atoms with van der Waals surface area (Å²) in [6.07, 6.45) is 5.62. The van der Waals surface area contributed by atoms with Crippen LogP contribution in [0.5, 0.6) is 0 Å². The Morgan fingerprint density at radius 2 is 2.12 bits per heavy atom. The summed E-state index contributed by atoms with van der Waals surface area (Å²) in [6, 6.07) is 0. The highest BCUT2D eigenvalue weighted by atomic mass is 16.2. The second-order valence-electron chi connectivity index (χ2n) is 5.36. The van der Waals surface area contributed by atoms with Crippen LogP contribution in [-0.2, 0) is 4.79 Å². The van der Waals surface area contributed by atoms with Gasteiger partial charge in [-0.3, -0.25) is 4.79 Å². The van der Waals surface area contributed by atoms with Crippen LogP contribution in [0.3, 0.4) is 0 Å². The molecular weight excluding hydrogens is 204 g/mol. The summed E-state index contributed by atoms with van der Waals surface area (Å²) in [7, 11) is 0. The third-order valence-electron chi connectivity index (χ3n) is 4.70. The van der Waals surface area contributed by atoms with Crippen molar-refractivity contribution in [3.63, 3.8) is 0 Å². The van der Waals surface area contributed by atoms with E-state index < -0.39 is 0 Å². The van der Waals surface area contributed by atoms with Crippen molar-refractivity contribution in [2.45, 2.75) is 19.3 Å². The second-order valence-corrected chi connectivity index (χ2v) is 5.36. The molecule has 16 heavy (non-hydrogen) atoms. The number of carbonyl (C=O) groups excluding carboxylic acids is 1. The molecule has 0 radical (unpaired) electrons. The van der Waals surface area contributed by atoms with Gasteiger partial charge in [-0.1, -0.05) is 0 Å². The maximum Gasteiger partial charge on any atom is 0.229 e. The number of anilines is 1. The molecule has 1 aromatic rings. The van der Waals surface area contributed by atoms with Crippen molar-refractivity contribution in [3.8, 4) is 0 Å². The summed E-state index contributed by atoms with van der Waals surface area (Å²) in [5.41, 5.74) is 0. The van der Waals surface area contributed by atoms with E-state index in [1.165, 1.54) is 19.3 Å². The minimum atomic E-state index is 0.153. The zero-order chi connectivity index (χ0) is 10.7. The van der Waals surface area contributed by atoms with Crippen LogP contribution in [0.4, 0.5) is 5.82 Å². The van der Waals surface area contributed by atoms with E-state index in [-0.39, 0.29) is 11.8 Å². The fourth-order valence-corrected chi connectivity index (χ4v) is 4.15. The number of rotatable bonds is 2. The number of nitrogens with zero attached hydrogens (tertiary/aromatic N) is 2. The van der Waals surface area contributed by atoms with Gasteiger partial charge in [-0.05, 0) is 42.9 Å². The lowest BCUT2D eigenvalue weighted by Crippen LogP contribution is -2.18. The Bertz CT molecular complexity index is 413. The van der Waals surface area contributed by atoms with E-state index in [0.29, 0.717) is 17.7 Å². The lowest BCUT2D eigenvalue weighted by atomic mass is 10.0. The van der Waals surface area contributed by atoms with Gasteiger partial charge < -0.3 is 5.32 Å². The molecule has 5 heteroatoms. The molecular formula is C11H14N4O. The molecule has 1 unspecified atom stereocenters. The first kappa shape index (κ1) is 8.73. The zero-order valence-corrected chi connectivity index (χ0v) is 8.89. The first-order valence-electron chi connectivity index (χ1n) is 6.01. The van der Waals surface area contributed by atoms with E-state index >= 15 is 0 Å². The minimum Gasteiger partial charge on any atom is -0.308 e. The maximum absolute atomic E-state index is 12.0. The van der Waals surface area contributed by atoms with Crippen molar-refractivity contribution in [1.82, 2.24) is 15.4 Å². The van der Waals surface area contributed by atoms with Crippen LogP contribution in [0.15, 0.2) is 6.20 Å². The highest BCUT2D eigenvalue weighted by molar-refractivity contribution is 5.94. The van der Waals surface area contributed by atoms with Crippen LogP contribution in [0.1, 0.15) is 19.3 Å². The maximum atomic E-state index is 12.0. The average molecular weight is 218 g/mol. The predicted molar refractivity (Wildman–Crippen MR) is 56.3 cm³/mol. The number of aromatic nitrogens is 3. The molecule has 1 aromatic heterocycles. The van der Waals surface area contributed by atoms with Gasteiger partial charge >= 0.3 is 0 Å². The van der Waals surface area contributed by atoms with Crippen LogP contribution in [0, 0.1) is 29.6 Å². The quantitative estimate of drug-likeness (QED) is 0.779. The average Bonchev–Trinajstić information content (AvgIpc) is 2.73. The standard InChI is InChI=1S/C11H14N4O/c16-11(13-7-4-12-15-14-7)10-8-5-1-2-6(3-5)9(8)10/h4-6,8-10H,1-3H2,(H2,12,13,14,15,16)/t5-,6+,8+,9-,10?. The Balaban J connectivity index is 1.47. The second kappa shape index (κ2) is 2.84. The summed E-state index contributed by atoms with van der Waals surface area (Å²) in [5.74, 6) is 4.01. The molecule has 5 nitrogen and oxygen atoms in total. The predicted octanol–water partition coefficient (Wildman–Crippen LogP) is 1.04. The normalized spacial score (nSPS) is 43.1. The van der Waals surface area contributed by atoms with Gasteiger partial charge in [0.15, 0.2) is 5.82 Å². The van der Waals surface area contributed by atoms with Crippen molar-refractivity contribution in [2.75, 3.05) is 5.32 Å². The third-order valence-corrected chi connectivity index (χ3v) is 4.70. The lowest BCUT2D eigenvalue weighted by molar-refractivity contribution is -0.118. The molecule has 2 bridgehead atoms. The van der Waals surface area contributed by atoms with E-state index in [1.54, 1.807) is 6.20 Å². The smallest absolute Gasteiger partial charge is 0.229 e. The van der Waals surface area contributed by atoms with Crippen LogP contribution in [-0.4, -0.2) is 21.3 Å². The number of nitrogens with one attached hydrogen (secondary N) is 2. The number of H-pyrrole nitrogens is 1. The van der Waals surface area contributed by atoms with Crippen molar-refractivity contribution in [1.29, 1.82) is 0 Å². The van der Waals surface area contributed by atoms with Gasteiger partial charge in [0.1, 0.15) is 0 Å². The monoisotopic (exact) mass is 218 g/mol. The van der Waals surface area contributed by atoms with Crippen LogP contribution in [0.25, 0.3) is 0 Å². The fraction of sp³-hybridized carbons (Fsp3) is 0.727. The molecule has 1 heterocycles. The number of fused-ring (bicyclic) bond motifs is 5. The summed E-state index contributed by atoms with van der Waals surface area (Å²) in [6.45, 7) is 0. The number of aromatic amines is 1. The number of carbonyl (C=O) groups is 1. The van der Waals surface area contributed by atoms with E-state index in [2.05, 4.69) is 20.7 Å². The molecule has 0 saturated heterocycles. The van der Waals surface area contributed by atoms with Gasteiger partial charge in [0.25, 0.3) is 0 Å². The zero-order valence-electron chi connectivity index (χ0n) is 8.89. The summed E-state index contributed by atoms with van der Waals surface area (Å²) in [4.78, 5) is 12.0. The Kier molecular flexibility index (Phi) is 1.55. The molecule has 3 fully saturated rings. The molecule has 3 aliphatic carbocycles. The van der Waals surface area contributed by atoms with Crippen molar-refractivity contribution in [3.05, 3.63) is 6.20 Å². The minimum absolute atomic E-state index is 0.153. The van der Waals surface area contributed by atoms with Gasteiger partial charge in [0, 0.05) is 5.92 Å². The van der Waals surface area contributed by atoms with Crippen LogP contribution in [0.2, 0.25) is 0 Å². The van der Waals surface area contributed by atoms with E-state index in [1.807, 2.05) is 0 Å². The van der Waals surface area contributed by atoms with Crippen molar-refractivity contribution < 1.29 is 4.79 Å². The van der Waals surface area contributed by atoms with Gasteiger partial charge in [-0.25, -0.2) is 0 Å².